The first kappa shape index (κ1) is 14.9. The van der Waals surface area contributed by atoms with Crippen LogP contribution in [0.25, 0.3) is 11.3 Å². The van der Waals surface area contributed by atoms with Crippen LogP contribution in [0.3, 0.4) is 0 Å². The maximum atomic E-state index is 6.33. The molecular weight excluding hydrogens is 270 g/mol. The minimum atomic E-state index is 0.326. The van der Waals surface area contributed by atoms with Crippen molar-refractivity contribution >= 4 is 17.4 Å². The van der Waals surface area contributed by atoms with E-state index in [1.165, 1.54) is 0 Å². The lowest BCUT2D eigenvalue weighted by Crippen LogP contribution is -2.12. The molecule has 20 heavy (non-hydrogen) atoms. The predicted octanol–water partition coefficient (Wildman–Crippen LogP) is 4.57. The molecule has 0 spiro atoms. The van der Waals surface area contributed by atoms with Gasteiger partial charge in [0.15, 0.2) is 0 Å². The van der Waals surface area contributed by atoms with Crippen molar-refractivity contribution in [1.29, 1.82) is 0 Å². The average Bonchev–Trinajstić information content (AvgIpc) is 2.68. The Morgan fingerprint density at radius 1 is 1.20 bits per heavy atom. The Balaban J connectivity index is 2.58. The minimum absolute atomic E-state index is 0.326. The van der Waals surface area contributed by atoms with Crippen LogP contribution < -0.4 is 5.73 Å². The van der Waals surface area contributed by atoms with Crippen LogP contribution >= 0.6 is 11.6 Å². The van der Waals surface area contributed by atoms with Crippen molar-refractivity contribution in [3.63, 3.8) is 0 Å². The summed E-state index contributed by atoms with van der Waals surface area (Å²) in [5, 5.41) is 0.684. The van der Waals surface area contributed by atoms with Crippen LogP contribution in [-0.2, 0) is 6.54 Å². The molecular formula is C16H22ClN3. The van der Waals surface area contributed by atoms with Gasteiger partial charge in [-0.3, -0.25) is 0 Å². The molecule has 1 heterocycles. The number of rotatable bonds is 4. The summed E-state index contributed by atoms with van der Waals surface area (Å²) >= 11 is 6.27. The zero-order valence-corrected chi connectivity index (χ0v) is 13.3. The van der Waals surface area contributed by atoms with E-state index in [2.05, 4.69) is 32.3 Å². The summed E-state index contributed by atoms with van der Waals surface area (Å²) in [6, 6.07) is 7.70. The van der Waals surface area contributed by atoms with Gasteiger partial charge in [-0.2, -0.15) is 0 Å². The van der Waals surface area contributed by atoms with Crippen LogP contribution in [0.1, 0.15) is 39.4 Å². The topological polar surface area (TPSA) is 43.8 Å². The number of imidazole rings is 1. The summed E-state index contributed by atoms with van der Waals surface area (Å²) in [6.45, 7) is 9.50. The van der Waals surface area contributed by atoms with Gasteiger partial charge in [0, 0.05) is 18.0 Å². The van der Waals surface area contributed by atoms with Crippen molar-refractivity contribution in [1.82, 2.24) is 9.55 Å². The third-order valence-electron chi connectivity index (χ3n) is 3.23. The molecule has 108 valence electrons. The smallest absolute Gasteiger partial charge is 0.131 e. The van der Waals surface area contributed by atoms with Gasteiger partial charge in [0.05, 0.1) is 5.02 Å². The Bertz CT molecular complexity index is 600. The number of hydrogen-bond acceptors (Lipinski definition) is 2. The molecule has 1 aromatic heterocycles. The highest BCUT2D eigenvalue weighted by Gasteiger charge is 2.20. The first-order chi connectivity index (χ1) is 9.41. The number of aromatic nitrogens is 2. The van der Waals surface area contributed by atoms with E-state index in [1.54, 1.807) is 0 Å². The summed E-state index contributed by atoms with van der Waals surface area (Å²) in [5.74, 6) is 2.57. The summed E-state index contributed by atoms with van der Waals surface area (Å²) in [7, 11) is 0. The van der Waals surface area contributed by atoms with Crippen molar-refractivity contribution in [3.05, 3.63) is 35.1 Å². The van der Waals surface area contributed by atoms with E-state index in [1.807, 2.05) is 24.3 Å². The normalized spacial score (nSPS) is 11.6. The lowest BCUT2D eigenvalue weighted by Gasteiger charge is -2.14. The van der Waals surface area contributed by atoms with Crippen LogP contribution in [0.2, 0.25) is 5.02 Å². The first-order valence-corrected chi connectivity index (χ1v) is 7.40. The third-order valence-corrected chi connectivity index (χ3v) is 3.56. The van der Waals surface area contributed by atoms with E-state index in [0.717, 1.165) is 23.6 Å². The highest BCUT2D eigenvalue weighted by molar-refractivity contribution is 6.33. The molecule has 0 bridgehead atoms. The van der Waals surface area contributed by atoms with E-state index in [-0.39, 0.29) is 0 Å². The fraction of sp³-hybridized carbons (Fsp3) is 0.438. The lowest BCUT2D eigenvalue weighted by atomic mass is 10.1. The summed E-state index contributed by atoms with van der Waals surface area (Å²) < 4.78 is 2.12. The Morgan fingerprint density at radius 2 is 1.85 bits per heavy atom. The van der Waals surface area contributed by atoms with Gasteiger partial charge >= 0.3 is 0 Å². The molecule has 0 atom stereocenters. The largest absolute Gasteiger partial charge is 0.383 e. The molecule has 2 rings (SSSR count). The zero-order valence-electron chi connectivity index (χ0n) is 12.5. The Labute approximate surface area is 125 Å². The number of hydrogen-bond donors (Lipinski definition) is 1. The second-order valence-corrected chi connectivity index (χ2v) is 6.25. The van der Waals surface area contributed by atoms with Gasteiger partial charge in [-0.05, 0) is 12.0 Å². The maximum absolute atomic E-state index is 6.33. The Hall–Kier alpha value is -1.48. The van der Waals surface area contributed by atoms with Gasteiger partial charge in [-0.15, -0.1) is 0 Å². The molecule has 0 aliphatic carbocycles. The highest BCUT2D eigenvalue weighted by Crippen LogP contribution is 2.34. The number of anilines is 1. The van der Waals surface area contributed by atoms with Gasteiger partial charge in [-0.1, -0.05) is 57.5 Å². The Kier molecular flexibility index (Phi) is 4.39. The van der Waals surface area contributed by atoms with E-state index < -0.39 is 0 Å². The van der Waals surface area contributed by atoms with Crippen molar-refractivity contribution < 1.29 is 0 Å². The molecule has 2 aromatic rings. The number of benzene rings is 1. The molecule has 0 saturated carbocycles. The van der Waals surface area contributed by atoms with Crippen molar-refractivity contribution in [3.8, 4) is 11.3 Å². The fourth-order valence-electron chi connectivity index (χ4n) is 2.33. The quantitative estimate of drug-likeness (QED) is 0.897. The molecule has 0 unspecified atom stereocenters. The van der Waals surface area contributed by atoms with Gasteiger partial charge < -0.3 is 10.3 Å². The molecule has 0 saturated heterocycles. The van der Waals surface area contributed by atoms with Crippen molar-refractivity contribution in [2.24, 2.45) is 5.92 Å². The van der Waals surface area contributed by atoms with E-state index in [9.17, 15) is 0 Å². The Morgan fingerprint density at radius 3 is 2.40 bits per heavy atom. The van der Waals surface area contributed by atoms with E-state index >= 15 is 0 Å². The number of nitrogens with zero attached hydrogens (tertiary/aromatic N) is 2. The predicted molar refractivity (Wildman–Crippen MR) is 86.0 cm³/mol. The SMILES string of the molecule is CC(C)Cn1c(C(C)C)nc(-c2ccccc2Cl)c1N. The minimum Gasteiger partial charge on any atom is -0.383 e. The highest BCUT2D eigenvalue weighted by atomic mass is 35.5. The van der Waals surface area contributed by atoms with Crippen LogP contribution in [0.4, 0.5) is 5.82 Å². The van der Waals surface area contributed by atoms with Crippen molar-refractivity contribution in [2.75, 3.05) is 5.73 Å². The number of halogens is 1. The van der Waals surface area contributed by atoms with Gasteiger partial charge in [0.1, 0.15) is 17.3 Å². The molecule has 0 radical (unpaired) electrons. The van der Waals surface area contributed by atoms with Crippen LogP contribution in [0.5, 0.6) is 0 Å². The molecule has 3 nitrogen and oxygen atoms in total. The molecule has 1 aromatic carbocycles. The monoisotopic (exact) mass is 291 g/mol. The molecule has 4 heteroatoms. The molecule has 0 amide bonds. The third kappa shape index (κ3) is 2.83. The number of nitrogens with two attached hydrogens (primary N) is 1. The van der Waals surface area contributed by atoms with Crippen molar-refractivity contribution in [2.45, 2.75) is 40.2 Å². The van der Waals surface area contributed by atoms with Gasteiger partial charge in [0.2, 0.25) is 0 Å². The van der Waals surface area contributed by atoms with Crippen LogP contribution in [-0.4, -0.2) is 9.55 Å². The first-order valence-electron chi connectivity index (χ1n) is 7.02. The summed E-state index contributed by atoms with van der Waals surface area (Å²) in [4.78, 5) is 4.75. The van der Waals surface area contributed by atoms with Crippen LogP contribution in [0, 0.1) is 5.92 Å². The fourth-order valence-corrected chi connectivity index (χ4v) is 2.56. The van der Waals surface area contributed by atoms with E-state index in [4.69, 9.17) is 22.3 Å². The molecule has 0 aliphatic rings. The second-order valence-electron chi connectivity index (χ2n) is 5.84. The summed E-state index contributed by atoms with van der Waals surface area (Å²) in [6.07, 6.45) is 0. The second kappa shape index (κ2) is 5.88. The number of nitrogen functional groups attached to an aromatic ring is 1. The zero-order chi connectivity index (χ0) is 14.9. The molecule has 2 N–H and O–H groups in total. The van der Waals surface area contributed by atoms with Crippen LogP contribution in [0.15, 0.2) is 24.3 Å². The summed E-state index contributed by atoms with van der Waals surface area (Å²) in [5.41, 5.74) is 8.02. The molecule has 0 fully saturated rings. The lowest BCUT2D eigenvalue weighted by molar-refractivity contribution is 0.502. The van der Waals surface area contributed by atoms with E-state index in [0.29, 0.717) is 22.7 Å². The molecule has 0 aliphatic heterocycles. The maximum Gasteiger partial charge on any atom is 0.131 e. The van der Waals surface area contributed by atoms with Gasteiger partial charge in [-0.25, -0.2) is 4.98 Å². The average molecular weight is 292 g/mol. The van der Waals surface area contributed by atoms with Gasteiger partial charge in [0.25, 0.3) is 0 Å². The standard InChI is InChI=1S/C16H22ClN3/c1-10(2)9-20-15(18)14(19-16(20)11(3)4)12-7-5-6-8-13(12)17/h5-8,10-11H,9,18H2,1-4H3.